The molecule has 1 aliphatic heterocycles. The van der Waals surface area contributed by atoms with Crippen LogP contribution in [0.4, 0.5) is 0 Å². The number of thiophene rings is 1. The summed E-state index contributed by atoms with van der Waals surface area (Å²) in [4.78, 5) is 23.2. The van der Waals surface area contributed by atoms with Crippen molar-refractivity contribution in [2.24, 2.45) is 0 Å². The Morgan fingerprint density at radius 2 is 2.17 bits per heavy atom. The first-order valence-corrected chi connectivity index (χ1v) is 8.16. The van der Waals surface area contributed by atoms with Gasteiger partial charge in [-0.2, -0.15) is 14.6 Å². The highest BCUT2D eigenvalue weighted by Crippen LogP contribution is 2.23. The molecule has 1 aliphatic rings. The van der Waals surface area contributed by atoms with Crippen molar-refractivity contribution in [1.82, 2.24) is 24.5 Å². The molecule has 0 aliphatic carbocycles. The molecule has 0 N–H and O–H groups in total. The van der Waals surface area contributed by atoms with Gasteiger partial charge in [-0.1, -0.05) is 0 Å². The van der Waals surface area contributed by atoms with Crippen molar-refractivity contribution in [1.29, 1.82) is 0 Å². The third-order valence-corrected chi connectivity index (χ3v) is 4.75. The monoisotopic (exact) mass is 329 g/mol. The Kier molecular flexibility index (Phi) is 3.26. The molecule has 7 nitrogen and oxygen atoms in total. The fourth-order valence-corrected chi connectivity index (χ4v) is 3.39. The molecule has 1 amide bonds. The minimum Gasteiger partial charge on any atom is -0.470 e. The molecule has 4 heterocycles. The zero-order valence-electron chi connectivity index (χ0n) is 12.8. The molecule has 0 unspecified atom stereocenters. The van der Waals surface area contributed by atoms with Crippen LogP contribution in [0.1, 0.15) is 20.9 Å². The topological polar surface area (TPSA) is 72.6 Å². The smallest absolute Gasteiger partial charge is 0.264 e. The van der Waals surface area contributed by atoms with Gasteiger partial charge in [0.1, 0.15) is 12.4 Å². The van der Waals surface area contributed by atoms with E-state index in [-0.39, 0.29) is 12.0 Å². The maximum absolute atomic E-state index is 12.3. The fraction of sp³-hybridized carbons (Fsp3) is 0.333. The van der Waals surface area contributed by atoms with E-state index < -0.39 is 0 Å². The minimum atomic E-state index is -0.0331. The van der Waals surface area contributed by atoms with Crippen LogP contribution in [0, 0.1) is 13.8 Å². The van der Waals surface area contributed by atoms with Gasteiger partial charge in [0.2, 0.25) is 5.88 Å². The quantitative estimate of drug-likeness (QED) is 0.731. The van der Waals surface area contributed by atoms with Crippen LogP contribution in [-0.4, -0.2) is 49.6 Å². The summed E-state index contributed by atoms with van der Waals surface area (Å²) in [5.74, 6) is 1.19. The van der Waals surface area contributed by atoms with Gasteiger partial charge in [-0.05, 0) is 30.9 Å². The van der Waals surface area contributed by atoms with Gasteiger partial charge in [-0.3, -0.25) is 4.79 Å². The summed E-state index contributed by atoms with van der Waals surface area (Å²) in [6.45, 7) is 5.03. The molecule has 0 radical (unpaired) electrons. The Bertz CT molecular complexity index is 881. The highest BCUT2D eigenvalue weighted by molar-refractivity contribution is 7.12. The van der Waals surface area contributed by atoms with Crippen LogP contribution >= 0.6 is 11.3 Å². The molecule has 118 valence electrons. The Balaban J connectivity index is 1.44. The van der Waals surface area contributed by atoms with Crippen LogP contribution in [0.15, 0.2) is 23.8 Å². The summed E-state index contributed by atoms with van der Waals surface area (Å²) >= 11 is 1.48. The Morgan fingerprint density at radius 1 is 1.35 bits per heavy atom. The van der Waals surface area contributed by atoms with E-state index in [2.05, 4.69) is 15.1 Å². The van der Waals surface area contributed by atoms with E-state index in [1.165, 1.54) is 17.7 Å². The first kappa shape index (κ1) is 14.1. The number of fused-ring (bicyclic) bond motifs is 1. The lowest BCUT2D eigenvalue weighted by molar-refractivity contribution is 0.0154. The van der Waals surface area contributed by atoms with Crippen LogP contribution in [0.25, 0.3) is 5.78 Å². The van der Waals surface area contributed by atoms with Crippen molar-refractivity contribution in [3.05, 3.63) is 40.0 Å². The molecule has 3 aromatic rings. The Morgan fingerprint density at radius 3 is 2.91 bits per heavy atom. The van der Waals surface area contributed by atoms with E-state index in [0.29, 0.717) is 24.7 Å². The SMILES string of the molecule is Cc1csc(C(=O)N2CC(Oc3cc(C)nc4ncnn34)C2)c1. The second-order valence-electron chi connectivity index (χ2n) is 5.65. The lowest BCUT2D eigenvalue weighted by Gasteiger charge is -2.38. The number of nitrogens with zero attached hydrogens (tertiary/aromatic N) is 5. The highest BCUT2D eigenvalue weighted by Gasteiger charge is 2.34. The van der Waals surface area contributed by atoms with Crippen molar-refractivity contribution in [2.45, 2.75) is 20.0 Å². The number of ether oxygens (including phenoxy) is 1. The number of carbonyl (C=O) groups is 1. The van der Waals surface area contributed by atoms with Gasteiger partial charge in [0.05, 0.1) is 18.0 Å². The lowest BCUT2D eigenvalue weighted by atomic mass is 10.1. The average molecular weight is 329 g/mol. The maximum atomic E-state index is 12.3. The molecule has 0 bridgehead atoms. The number of likely N-dealkylation sites (tertiary alicyclic amines) is 1. The highest BCUT2D eigenvalue weighted by atomic mass is 32.1. The number of carbonyl (C=O) groups excluding carboxylic acids is 1. The third kappa shape index (κ3) is 2.55. The average Bonchev–Trinajstić information content (AvgIpc) is 3.10. The molecular weight excluding hydrogens is 314 g/mol. The maximum Gasteiger partial charge on any atom is 0.264 e. The largest absolute Gasteiger partial charge is 0.470 e. The summed E-state index contributed by atoms with van der Waals surface area (Å²) in [7, 11) is 0. The number of aryl methyl sites for hydroxylation is 2. The molecule has 0 saturated carbocycles. The van der Waals surface area contributed by atoms with Gasteiger partial charge < -0.3 is 9.64 Å². The van der Waals surface area contributed by atoms with E-state index in [0.717, 1.165) is 16.1 Å². The van der Waals surface area contributed by atoms with Crippen LogP contribution in [-0.2, 0) is 0 Å². The summed E-state index contributed by atoms with van der Waals surface area (Å²) < 4.78 is 7.52. The summed E-state index contributed by atoms with van der Waals surface area (Å²) in [5.41, 5.74) is 1.94. The predicted octanol–water partition coefficient (Wildman–Crippen LogP) is 1.71. The van der Waals surface area contributed by atoms with Gasteiger partial charge in [0.25, 0.3) is 11.7 Å². The first-order valence-electron chi connectivity index (χ1n) is 7.28. The number of hydrogen-bond donors (Lipinski definition) is 0. The van der Waals surface area contributed by atoms with Gasteiger partial charge in [0, 0.05) is 11.8 Å². The van der Waals surface area contributed by atoms with Gasteiger partial charge in [-0.15, -0.1) is 11.3 Å². The van der Waals surface area contributed by atoms with Gasteiger partial charge >= 0.3 is 0 Å². The second kappa shape index (κ2) is 5.31. The first-order chi connectivity index (χ1) is 11.1. The van der Waals surface area contributed by atoms with Crippen molar-refractivity contribution in [2.75, 3.05) is 13.1 Å². The molecule has 0 atom stereocenters. The van der Waals surface area contributed by atoms with E-state index in [1.54, 1.807) is 9.42 Å². The molecule has 3 aromatic heterocycles. The summed E-state index contributed by atoms with van der Waals surface area (Å²) in [5, 5.41) is 6.10. The van der Waals surface area contributed by atoms with Crippen LogP contribution in [0.3, 0.4) is 0 Å². The Labute approximate surface area is 136 Å². The van der Waals surface area contributed by atoms with E-state index in [9.17, 15) is 4.79 Å². The van der Waals surface area contributed by atoms with Crippen LogP contribution in [0.2, 0.25) is 0 Å². The summed E-state index contributed by atoms with van der Waals surface area (Å²) in [6, 6.07) is 3.75. The zero-order chi connectivity index (χ0) is 16.0. The number of aromatic nitrogens is 4. The molecule has 0 spiro atoms. The summed E-state index contributed by atoms with van der Waals surface area (Å²) in [6.07, 6.45) is 1.42. The molecular formula is C15H15N5O2S. The number of rotatable bonds is 3. The zero-order valence-corrected chi connectivity index (χ0v) is 13.6. The van der Waals surface area contributed by atoms with E-state index >= 15 is 0 Å². The van der Waals surface area contributed by atoms with Crippen molar-refractivity contribution < 1.29 is 9.53 Å². The normalized spacial score (nSPS) is 15.0. The lowest BCUT2D eigenvalue weighted by Crippen LogP contribution is -2.56. The predicted molar refractivity (Wildman–Crippen MR) is 84.9 cm³/mol. The standard InChI is InChI=1S/C15H15N5O2S/c1-9-3-12(23-7-9)14(21)19-5-11(6-19)22-13-4-10(2)18-15-16-8-17-20(13)15/h3-4,7-8,11H,5-6H2,1-2H3. The van der Waals surface area contributed by atoms with E-state index in [1.807, 2.05) is 31.4 Å². The van der Waals surface area contributed by atoms with Gasteiger partial charge in [-0.25, -0.2) is 4.98 Å². The molecule has 8 heteroatoms. The van der Waals surface area contributed by atoms with Gasteiger partial charge in [0.15, 0.2) is 0 Å². The Hall–Kier alpha value is -2.48. The third-order valence-electron chi connectivity index (χ3n) is 3.71. The molecule has 1 saturated heterocycles. The minimum absolute atomic E-state index is 0.0331. The van der Waals surface area contributed by atoms with Crippen molar-refractivity contribution in [3.63, 3.8) is 0 Å². The van der Waals surface area contributed by atoms with Crippen molar-refractivity contribution in [3.8, 4) is 5.88 Å². The van der Waals surface area contributed by atoms with E-state index in [4.69, 9.17) is 4.74 Å². The molecule has 0 aromatic carbocycles. The van der Waals surface area contributed by atoms with Crippen LogP contribution < -0.4 is 4.74 Å². The van der Waals surface area contributed by atoms with Crippen LogP contribution in [0.5, 0.6) is 5.88 Å². The second-order valence-corrected chi connectivity index (χ2v) is 6.56. The molecule has 1 fully saturated rings. The molecule has 4 rings (SSSR count). The number of hydrogen-bond acceptors (Lipinski definition) is 6. The molecule has 23 heavy (non-hydrogen) atoms. The van der Waals surface area contributed by atoms with Crippen molar-refractivity contribution >= 4 is 23.0 Å². The fourth-order valence-electron chi connectivity index (χ4n) is 2.53. The number of amides is 1.